The first kappa shape index (κ1) is 11.0. The lowest BCUT2D eigenvalue weighted by molar-refractivity contribution is 0.666. The van der Waals surface area contributed by atoms with Crippen LogP contribution < -0.4 is 5.73 Å². The molecular formula is C14H18N2. The van der Waals surface area contributed by atoms with Crippen molar-refractivity contribution in [3.8, 4) is 0 Å². The molecule has 0 spiro atoms. The van der Waals surface area contributed by atoms with Crippen LogP contribution in [0.25, 0.3) is 0 Å². The maximum absolute atomic E-state index is 5.83. The Labute approximate surface area is 96.7 Å². The Morgan fingerprint density at radius 2 is 1.88 bits per heavy atom. The molecule has 0 saturated heterocycles. The van der Waals surface area contributed by atoms with Crippen molar-refractivity contribution in [1.29, 1.82) is 0 Å². The third-order valence-electron chi connectivity index (χ3n) is 2.65. The molecule has 0 aliphatic heterocycles. The quantitative estimate of drug-likeness (QED) is 0.832. The Kier molecular flexibility index (Phi) is 3.42. The first-order valence-corrected chi connectivity index (χ1v) is 5.69. The van der Waals surface area contributed by atoms with Crippen molar-refractivity contribution >= 4 is 0 Å². The highest BCUT2D eigenvalue weighted by atomic mass is 15.0. The van der Waals surface area contributed by atoms with Gasteiger partial charge in [-0.05, 0) is 24.6 Å². The fourth-order valence-electron chi connectivity index (χ4n) is 1.90. The van der Waals surface area contributed by atoms with Gasteiger partial charge in [0.15, 0.2) is 0 Å². The highest BCUT2D eigenvalue weighted by molar-refractivity contribution is 5.18. The van der Waals surface area contributed by atoms with E-state index in [0.717, 1.165) is 13.0 Å². The number of rotatable bonds is 4. The molecule has 1 heterocycles. The molecule has 84 valence electrons. The van der Waals surface area contributed by atoms with Gasteiger partial charge in [0.05, 0.1) is 0 Å². The Morgan fingerprint density at radius 3 is 2.56 bits per heavy atom. The lowest BCUT2D eigenvalue weighted by atomic mass is 10.2. The van der Waals surface area contributed by atoms with Gasteiger partial charge in [-0.2, -0.15) is 0 Å². The lowest BCUT2D eigenvalue weighted by Crippen LogP contribution is -2.20. The van der Waals surface area contributed by atoms with Gasteiger partial charge >= 0.3 is 0 Å². The molecule has 0 amide bonds. The molecule has 1 aromatic heterocycles. The summed E-state index contributed by atoms with van der Waals surface area (Å²) in [6, 6.07) is 14.9. The van der Waals surface area contributed by atoms with Crippen molar-refractivity contribution in [1.82, 2.24) is 4.57 Å². The number of benzene rings is 1. The topological polar surface area (TPSA) is 30.9 Å². The van der Waals surface area contributed by atoms with Crippen LogP contribution in [-0.4, -0.2) is 10.6 Å². The molecule has 2 aromatic rings. The van der Waals surface area contributed by atoms with Crippen LogP contribution >= 0.6 is 0 Å². The Balaban J connectivity index is 2.13. The van der Waals surface area contributed by atoms with E-state index in [-0.39, 0.29) is 6.04 Å². The summed E-state index contributed by atoms with van der Waals surface area (Å²) in [6.07, 6.45) is 3.05. The number of aromatic nitrogens is 1. The average molecular weight is 214 g/mol. The van der Waals surface area contributed by atoms with Crippen LogP contribution in [0.3, 0.4) is 0 Å². The van der Waals surface area contributed by atoms with Crippen molar-refractivity contribution in [3.05, 3.63) is 59.9 Å². The van der Waals surface area contributed by atoms with Gasteiger partial charge in [0.2, 0.25) is 0 Å². The summed E-state index contributed by atoms with van der Waals surface area (Å²) in [5, 5.41) is 0. The molecular weight excluding hydrogens is 196 g/mol. The van der Waals surface area contributed by atoms with Crippen molar-refractivity contribution in [3.63, 3.8) is 0 Å². The second kappa shape index (κ2) is 4.99. The van der Waals surface area contributed by atoms with Crippen LogP contribution in [0.15, 0.2) is 48.7 Å². The van der Waals surface area contributed by atoms with Gasteiger partial charge in [-0.1, -0.05) is 30.3 Å². The minimum Gasteiger partial charge on any atom is -0.347 e. The molecule has 0 radical (unpaired) electrons. The van der Waals surface area contributed by atoms with E-state index < -0.39 is 0 Å². The van der Waals surface area contributed by atoms with Gasteiger partial charge < -0.3 is 10.3 Å². The van der Waals surface area contributed by atoms with Crippen molar-refractivity contribution in [2.24, 2.45) is 5.73 Å². The molecule has 0 saturated carbocycles. The predicted molar refractivity (Wildman–Crippen MR) is 67.3 cm³/mol. The summed E-state index contributed by atoms with van der Waals surface area (Å²) in [4.78, 5) is 0. The molecule has 0 aliphatic rings. The number of nitrogens with zero attached hydrogens (tertiary/aromatic N) is 1. The van der Waals surface area contributed by atoms with Gasteiger partial charge in [-0.25, -0.2) is 0 Å². The van der Waals surface area contributed by atoms with Crippen LogP contribution in [0.2, 0.25) is 0 Å². The fourth-order valence-corrected chi connectivity index (χ4v) is 1.90. The lowest BCUT2D eigenvalue weighted by Gasteiger charge is -2.11. The Hall–Kier alpha value is -1.54. The third-order valence-corrected chi connectivity index (χ3v) is 2.65. The maximum Gasteiger partial charge on any atom is 0.0472 e. The summed E-state index contributed by atoms with van der Waals surface area (Å²) < 4.78 is 2.26. The molecule has 1 aromatic carbocycles. The second-order valence-corrected chi connectivity index (χ2v) is 4.29. The molecule has 2 N–H and O–H groups in total. The summed E-state index contributed by atoms with van der Waals surface area (Å²) in [7, 11) is 0. The summed E-state index contributed by atoms with van der Waals surface area (Å²) in [6.45, 7) is 2.97. The highest BCUT2D eigenvalue weighted by Crippen LogP contribution is 2.09. The van der Waals surface area contributed by atoms with Gasteiger partial charge in [0.25, 0.3) is 0 Å². The molecule has 0 aliphatic carbocycles. The molecule has 1 unspecified atom stereocenters. The first-order chi connectivity index (χ1) is 7.75. The second-order valence-electron chi connectivity index (χ2n) is 4.29. The number of nitrogens with two attached hydrogens (primary N) is 1. The monoisotopic (exact) mass is 214 g/mol. The van der Waals surface area contributed by atoms with E-state index in [1.165, 1.54) is 11.3 Å². The molecule has 2 heteroatoms. The standard InChI is InChI=1S/C14H18N2/c1-12(15)10-14-8-5-9-16(14)11-13-6-3-2-4-7-13/h2-9,12H,10-11,15H2,1H3. The van der Waals surface area contributed by atoms with Crippen LogP contribution in [0.4, 0.5) is 0 Å². The highest BCUT2D eigenvalue weighted by Gasteiger charge is 2.03. The normalized spacial score (nSPS) is 12.6. The zero-order valence-electron chi connectivity index (χ0n) is 9.63. The van der Waals surface area contributed by atoms with E-state index in [1.54, 1.807) is 0 Å². The molecule has 0 fully saturated rings. The molecule has 0 bridgehead atoms. The van der Waals surface area contributed by atoms with Gasteiger partial charge in [0, 0.05) is 30.9 Å². The van der Waals surface area contributed by atoms with E-state index in [9.17, 15) is 0 Å². The molecule has 2 rings (SSSR count). The fraction of sp³-hybridized carbons (Fsp3) is 0.286. The minimum absolute atomic E-state index is 0.212. The van der Waals surface area contributed by atoms with Crippen molar-refractivity contribution in [2.75, 3.05) is 0 Å². The summed E-state index contributed by atoms with van der Waals surface area (Å²) in [5.41, 5.74) is 8.46. The van der Waals surface area contributed by atoms with Crippen LogP contribution in [0.5, 0.6) is 0 Å². The van der Waals surface area contributed by atoms with Crippen molar-refractivity contribution in [2.45, 2.75) is 25.9 Å². The summed E-state index contributed by atoms with van der Waals surface area (Å²) >= 11 is 0. The average Bonchev–Trinajstić information content (AvgIpc) is 2.66. The number of hydrogen-bond donors (Lipinski definition) is 1. The predicted octanol–water partition coefficient (Wildman–Crippen LogP) is 2.43. The largest absolute Gasteiger partial charge is 0.347 e. The van der Waals surface area contributed by atoms with Crippen molar-refractivity contribution < 1.29 is 0 Å². The Morgan fingerprint density at radius 1 is 1.12 bits per heavy atom. The zero-order chi connectivity index (χ0) is 11.4. The first-order valence-electron chi connectivity index (χ1n) is 5.69. The van der Waals surface area contributed by atoms with Gasteiger partial charge in [-0.3, -0.25) is 0 Å². The van der Waals surface area contributed by atoms with Crippen LogP contribution in [0.1, 0.15) is 18.2 Å². The third kappa shape index (κ3) is 2.74. The van der Waals surface area contributed by atoms with E-state index in [1.807, 2.05) is 13.0 Å². The Bertz CT molecular complexity index is 429. The van der Waals surface area contributed by atoms with Crippen LogP contribution in [-0.2, 0) is 13.0 Å². The van der Waals surface area contributed by atoms with Gasteiger partial charge in [0.1, 0.15) is 0 Å². The van der Waals surface area contributed by atoms with Crippen LogP contribution in [0, 0.1) is 0 Å². The molecule has 1 atom stereocenters. The van der Waals surface area contributed by atoms with Gasteiger partial charge in [-0.15, -0.1) is 0 Å². The minimum atomic E-state index is 0.212. The SMILES string of the molecule is CC(N)Cc1cccn1Cc1ccccc1. The zero-order valence-corrected chi connectivity index (χ0v) is 9.63. The maximum atomic E-state index is 5.83. The molecule has 16 heavy (non-hydrogen) atoms. The van der Waals surface area contributed by atoms with E-state index in [4.69, 9.17) is 5.73 Å². The smallest absolute Gasteiger partial charge is 0.0472 e. The van der Waals surface area contributed by atoms with E-state index in [0.29, 0.717) is 0 Å². The molecule has 2 nitrogen and oxygen atoms in total. The van der Waals surface area contributed by atoms with E-state index >= 15 is 0 Å². The van der Waals surface area contributed by atoms with E-state index in [2.05, 4.69) is 47.2 Å². The number of hydrogen-bond acceptors (Lipinski definition) is 1. The summed E-state index contributed by atoms with van der Waals surface area (Å²) in [5.74, 6) is 0.